The fraction of sp³-hybridized carbons (Fsp3) is 0.200. The van der Waals surface area contributed by atoms with Crippen molar-refractivity contribution >= 4 is 16.7 Å². The van der Waals surface area contributed by atoms with Crippen molar-refractivity contribution in [2.24, 2.45) is 0 Å². The summed E-state index contributed by atoms with van der Waals surface area (Å²) in [5.41, 5.74) is 1.59. The minimum Gasteiger partial charge on any atom is -0.374 e. The first-order valence-corrected chi connectivity index (χ1v) is 6.74. The van der Waals surface area contributed by atoms with E-state index in [1.807, 2.05) is 25.1 Å². The molecule has 3 aromatic rings. The molecule has 0 saturated heterocycles. The van der Waals surface area contributed by atoms with Gasteiger partial charge in [-0.05, 0) is 24.6 Å². The highest BCUT2D eigenvalue weighted by molar-refractivity contribution is 5.89. The van der Waals surface area contributed by atoms with Crippen LogP contribution in [-0.2, 0) is 0 Å². The summed E-state index contributed by atoms with van der Waals surface area (Å²) in [5.74, 6) is 1.17. The predicted octanol–water partition coefficient (Wildman–Crippen LogP) is 2.23. The lowest BCUT2D eigenvalue weighted by Gasteiger charge is -2.14. The van der Waals surface area contributed by atoms with Gasteiger partial charge >= 0.3 is 0 Å². The molecule has 1 unspecified atom stereocenters. The van der Waals surface area contributed by atoms with Gasteiger partial charge < -0.3 is 10.4 Å². The largest absolute Gasteiger partial charge is 0.374 e. The van der Waals surface area contributed by atoms with Crippen LogP contribution < -0.4 is 5.32 Å². The zero-order chi connectivity index (χ0) is 14.7. The minimum atomic E-state index is -0.651. The number of aromatic nitrogens is 4. The number of rotatable bonds is 4. The van der Waals surface area contributed by atoms with Gasteiger partial charge in [0.2, 0.25) is 0 Å². The van der Waals surface area contributed by atoms with E-state index in [9.17, 15) is 5.11 Å². The summed E-state index contributed by atoms with van der Waals surface area (Å²) in [4.78, 5) is 17.1. The third-order valence-electron chi connectivity index (χ3n) is 3.13. The summed E-state index contributed by atoms with van der Waals surface area (Å²) in [7, 11) is 0. The van der Waals surface area contributed by atoms with E-state index in [1.165, 1.54) is 0 Å². The Hall–Kier alpha value is -2.60. The summed E-state index contributed by atoms with van der Waals surface area (Å²) in [5, 5.41) is 13.7. The lowest BCUT2D eigenvalue weighted by molar-refractivity contribution is 0.199. The van der Waals surface area contributed by atoms with Crippen LogP contribution in [0.5, 0.6) is 0 Å². The molecule has 6 nitrogen and oxygen atoms in total. The van der Waals surface area contributed by atoms with E-state index in [-0.39, 0.29) is 0 Å². The average molecular weight is 281 g/mol. The lowest BCUT2D eigenvalue weighted by atomic mass is 10.2. The van der Waals surface area contributed by atoms with E-state index < -0.39 is 6.23 Å². The second-order valence-electron chi connectivity index (χ2n) is 4.59. The molecule has 2 N–H and O–H groups in total. The van der Waals surface area contributed by atoms with Crippen molar-refractivity contribution in [1.82, 2.24) is 19.9 Å². The number of aliphatic hydroxyl groups is 1. The molecule has 106 valence electrons. The second kappa shape index (κ2) is 5.80. The van der Waals surface area contributed by atoms with E-state index in [4.69, 9.17) is 0 Å². The molecule has 0 fully saturated rings. The van der Waals surface area contributed by atoms with Gasteiger partial charge in [0.05, 0.1) is 11.7 Å². The third kappa shape index (κ3) is 2.80. The molecule has 0 aromatic carbocycles. The van der Waals surface area contributed by atoms with Crippen molar-refractivity contribution in [3.05, 3.63) is 43.0 Å². The molecule has 0 aliphatic carbocycles. The number of nitrogens with one attached hydrogen (secondary N) is 1. The van der Waals surface area contributed by atoms with Crippen LogP contribution in [0, 0.1) is 0 Å². The quantitative estimate of drug-likeness (QED) is 0.713. The Morgan fingerprint density at radius 2 is 1.86 bits per heavy atom. The first-order chi connectivity index (χ1) is 10.3. The molecule has 0 aliphatic heterocycles. The van der Waals surface area contributed by atoms with Crippen LogP contribution >= 0.6 is 0 Å². The van der Waals surface area contributed by atoms with Gasteiger partial charge in [-0.2, -0.15) is 0 Å². The second-order valence-corrected chi connectivity index (χ2v) is 4.59. The molecule has 0 aliphatic rings. The molecule has 3 aromatic heterocycles. The molecule has 0 radical (unpaired) electrons. The molecular weight excluding hydrogens is 266 g/mol. The summed E-state index contributed by atoms with van der Waals surface area (Å²) in [6.07, 6.45) is 6.69. The maximum absolute atomic E-state index is 9.84. The van der Waals surface area contributed by atoms with Crippen LogP contribution in [0.15, 0.2) is 43.0 Å². The number of hydrogen-bond donors (Lipinski definition) is 2. The summed E-state index contributed by atoms with van der Waals surface area (Å²) < 4.78 is 0. The van der Waals surface area contributed by atoms with E-state index in [2.05, 4.69) is 25.3 Å². The van der Waals surface area contributed by atoms with Gasteiger partial charge in [-0.3, -0.25) is 9.97 Å². The molecule has 6 heteroatoms. The van der Waals surface area contributed by atoms with E-state index in [0.717, 1.165) is 16.5 Å². The number of pyridine rings is 2. The van der Waals surface area contributed by atoms with Crippen molar-refractivity contribution in [2.75, 3.05) is 5.32 Å². The zero-order valence-corrected chi connectivity index (χ0v) is 11.6. The lowest BCUT2D eigenvalue weighted by Crippen LogP contribution is -2.18. The van der Waals surface area contributed by atoms with Crippen LogP contribution in [0.1, 0.15) is 13.3 Å². The SMILES string of the molecule is CCC(O)Nc1nc(-c2ccncc2)nc2cnccc12. The zero-order valence-electron chi connectivity index (χ0n) is 11.6. The Balaban J connectivity index is 2.15. The van der Waals surface area contributed by atoms with E-state index >= 15 is 0 Å². The Bertz CT molecular complexity index is 747. The van der Waals surface area contributed by atoms with Gasteiger partial charge in [-0.1, -0.05) is 6.92 Å². The molecule has 0 amide bonds. The normalized spacial score (nSPS) is 12.3. The minimum absolute atomic E-state index is 0.573. The van der Waals surface area contributed by atoms with Crippen LogP contribution in [0.2, 0.25) is 0 Å². The molecule has 0 saturated carbocycles. The number of aliphatic hydroxyl groups excluding tert-OH is 1. The third-order valence-corrected chi connectivity index (χ3v) is 3.13. The smallest absolute Gasteiger partial charge is 0.162 e. The molecular formula is C15H15N5O. The number of hydrogen-bond acceptors (Lipinski definition) is 6. The number of nitrogens with zero attached hydrogens (tertiary/aromatic N) is 4. The molecule has 3 rings (SSSR count). The highest BCUT2D eigenvalue weighted by atomic mass is 16.3. The van der Waals surface area contributed by atoms with E-state index in [0.29, 0.717) is 18.1 Å². The molecule has 0 spiro atoms. The Morgan fingerprint density at radius 3 is 2.62 bits per heavy atom. The van der Waals surface area contributed by atoms with Gasteiger partial charge in [0.15, 0.2) is 5.82 Å². The van der Waals surface area contributed by atoms with Gasteiger partial charge in [-0.15, -0.1) is 0 Å². The predicted molar refractivity (Wildman–Crippen MR) is 80.5 cm³/mol. The topological polar surface area (TPSA) is 83.8 Å². The maximum atomic E-state index is 9.84. The molecule has 1 atom stereocenters. The van der Waals surface area contributed by atoms with Gasteiger partial charge in [0.25, 0.3) is 0 Å². The summed E-state index contributed by atoms with van der Waals surface area (Å²) >= 11 is 0. The Kier molecular flexibility index (Phi) is 3.70. The van der Waals surface area contributed by atoms with Crippen LogP contribution in [0.25, 0.3) is 22.3 Å². The first-order valence-electron chi connectivity index (χ1n) is 6.74. The highest BCUT2D eigenvalue weighted by Gasteiger charge is 2.11. The van der Waals surface area contributed by atoms with Crippen molar-refractivity contribution in [1.29, 1.82) is 0 Å². The van der Waals surface area contributed by atoms with E-state index in [1.54, 1.807) is 24.8 Å². The molecule has 21 heavy (non-hydrogen) atoms. The maximum Gasteiger partial charge on any atom is 0.162 e. The van der Waals surface area contributed by atoms with Crippen LogP contribution in [0.3, 0.4) is 0 Å². The molecule has 0 bridgehead atoms. The van der Waals surface area contributed by atoms with Crippen molar-refractivity contribution in [3.8, 4) is 11.4 Å². The summed E-state index contributed by atoms with van der Waals surface area (Å²) in [6.45, 7) is 1.90. The standard InChI is InChI=1S/C15H15N5O/c1-2-13(21)19-15-11-5-8-17-9-12(11)18-14(20-15)10-3-6-16-7-4-10/h3-9,13,21H,2H2,1H3,(H,18,19,20). The van der Waals surface area contributed by atoms with Crippen LogP contribution in [-0.4, -0.2) is 31.3 Å². The first kappa shape index (κ1) is 13.4. The fourth-order valence-corrected chi connectivity index (χ4v) is 1.98. The monoisotopic (exact) mass is 281 g/mol. The van der Waals surface area contributed by atoms with Crippen LogP contribution in [0.4, 0.5) is 5.82 Å². The van der Waals surface area contributed by atoms with Crippen molar-refractivity contribution in [2.45, 2.75) is 19.6 Å². The van der Waals surface area contributed by atoms with Gasteiger partial charge in [0.1, 0.15) is 12.0 Å². The number of fused-ring (bicyclic) bond motifs is 1. The van der Waals surface area contributed by atoms with Crippen molar-refractivity contribution in [3.63, 3.8) is 0 Å². The van der Waals surface area contributed by atoms with Gasteiger partial charge in [-0.25, -0.2) is 9.97 Å². The Morgan fingerprint density at radius 1 is 1.10 bits per heavy atom. The average Bonchev–Trinajstić information content (AvgIpc) is 2.55. The van der Waals surface area contributed by atoms with Gasteiger partial charge in [0, 0.05) is 29.5 Å². The Labute approximate surface area is 121 Å². The highest BCUT2D eigenvalue weighted by Crippen LogP contribution is 2.24. The van der Waals surface area contributed by atoms with Crippen molar-refractivity contribution < 1.29 is 5.11 Å². The number of anilines is 1. The fourth-order valence-electron chi connectivity index (χ4n) is 1.98. The molecule has 3 heterocycles. The summed E-state index contributed by atoms with van der Waals surface area (Å²) in [6, 6.07) is 5.52.